The summed E-state index contributed by atoms with van der Waals surface area (Å²) in [7, 11) is 1.61. The van der Waals surface area contributed by atoms with Crippen molar-refractivity contribution in [3.63, 3.8) is 0 Å². The van der Waals surface area contributed by atoms with Crippen molar-refractivity contribution >= 4 is 47.3 Å². The summed E-state index contributed by atoms with van der Waals surface area (Å²) in [6, 6.07) is 7.77. The lowest BCUT2D eigenvalue weighted by molar-refractivity contribution is -0.140. The molecule has 2 heterocycles. The highest BCUT2D eigenvalue weighted by Gasteiger charge is 2.39. The molecule has 2 N–H and O–H groups in total. The number of nitrogens with zero attached hydrogens (tertiary/aromatic N) is 1. The van der Waals surface area contributed by atoms with Crippen LogP contribution in [0.25, 0.3) is 10.9 Å². The Kier molecular flexibility index (Phi) is 7.42. The zero-order valence-electron chi connectivity index (χ0n) is 13.8. The monoisotopic (exact) mass is 371 g/mol. The maximum Gasteiger partial charge on any atom is 0.256 e. The van der Waals surface area contributed by atoms with Crippen LogP contribution in [-0.2, 0) is 9.53 Å². The number of benzene rings is 1. The van der Waals surface area contributed by atoms with E-state index in [1.165, 1.54) is 0 Å². The fourth-order valence-electron chi connectivity index (χ4n) is 3.01. The maximum atomic E-state index is 12.8. The quantitative estimate of drug-likeness (QED) is 0.869. The molecule has 0 unspecified atom stereocenters. The van der Waals surface area contributed by atoms with Gasteiger partial charge in [-0.05, 0) is 56.6 Å². The second kappa shape index (κ2) is 8.62. The minimum atomic E-state index is -0.745. The van der Waals surface area contributed by atoms with Crippen LogP contribution in [-0.4, -0.2) is 36.7 Å². The molecule has 1 amide bonds. The summed E-state index contributed by atoms with van der Waals surface area (Å²) in [6.07, 6.45) is 3.12. The molecule has 7 heteroatoms. The van der Waals surface area contributed by atoms with Crippen molar-refractivity contribution in [3.05, 3.63) is 36.0 Å². The lowest BCUT2D eigenvalue weighted by Crippen LogP contribution is -2.51. The molecule has 132 valence electrons. The van der Waals surface area contributed by atoms with Crippen LogP contribution in [0.15, 0.2) is 30.5 Å². The van der Waals surface area contributed by atoms with E-state index < -0.39 is 5.60 Å². The van der Waals surface area contributed by atoms with E-state index in [-0.39, 0.29) is 30.7 Å². The van der Waals surface area contributed by atoms with Gasteiger partial charge in [-0.3, -0.25) is 9.78 Å². The predicted octanol–water partition coefficient (Wildman–Crippen LogP) is 3.09. The van der Waals surface area contributed by atoms with Gasteiger partial charge in [-0.15, -0.1) is 24.8 Å². The Labute approximate surface area is 154 Å². The number of methoxy groups -OCH3 is 1. The van der Waals surface area contributed by atoms with Crippen LogP contribution < -0.4 is 10.6 Å². The summed E-state index contributed by atoms with van der Waals surface area (Å²) >= 11 is 0. The first kappa shape index (κ1) is 20.6. The molecule has 0 bridgehead atoms. The fraction of sp³-hybridized carbons (Fsp3) is 0.412. The number of hydrogen-bond donors (Lipinski definition) is 2. The second-order valence-corrected chi connectivity index (χ2v) is 5.73. The Morgan fingerprint density at radius 2 is 1.96 bits per heavy atom. The highest BCUT2D eigenvalue weighted by molar-refractivity contribution is 6.04. The third-order valence-corrected chi connectivity index (χ3v) is 4.44. The largest absolute Gasteiger partial charge is 0.368 e. The number of hydrogen-bond acceptors (Lipinski definition) is 4. The molecule has 0 atom stereocenters. The predicted molar refractivity (Wildman–Crippen MR) is 101 cm³/mol. The number of fused-ring (bicyclic) bond motifs is 1. The summed E-state index contributed by atoms with van der Waals surface area (Å²) in [6.45, 7) is 3.60. The van der Waals surface area contributed by atoms with Crippen molar-refractivity contribution < 1.29 is 9.53 Å². The third kappa shape index (κ3) is 3.81. The summed E-state index contributed by atoms with van der Waals surface area (Å²) in [5, 5.41) is 7.26. The van der Waals surface area contributed by atoms with Crippen molar-refractivity contribution in [3.8, 4) is 0 Å². The molecular formula is C17H23Cl2N3O2. The zero-order valence-corrected chi connectivity index (χ0v) is 15.4. The standard InChI is InChI=1S/C17H21N3O2.2ClH/c1-12-5-6-14(13-4-3-9-19-15(12)13)20-16(21)17(22-2)7-10-18-11-8-17;;/h3-6,9,18H,7-8,10-11H2,1-2H3,(H,20,21);2*1H. The van der Waals surface area contributed by atoms with Crippen LogP contribution in [0, 0.1) is 6.92 Å². The molecular weight excluding hydrogens is 349 g/mol. The zero-order chi connectivity index (χ0) is 15.6. The van der Waals surface area contributed by atoms with Gasteiger partial charge in [0, 0.05) is 18.7 Å². The van der Waals surface area contributed by atoms with Gasteiger partial charge in [0.25, 0.3) is 5.91 Å². The van der Waals surface area contributed by atoms with E-state index in [2.05, 4.69) is 15.6 Å². The Bertz CT molecular complexity index is 703. The van der Waals surface area contributed by atoms with Gasteiger partial charge in [0.2, 0.25) is 0 Å². The SMILES string of the molecule is COC1(C(=O)Nc2ccc(C)c3ncccc23)CCNCC1.Cl.Cl. The summed E-state index contributed by atoms with van der Waals surface area (Å²) in [5.74, 6) is -0.0782. The molecule has 1 fully saturated rings. The second-order valence-electron chi connectivity index (χ2n) is 5.73. The van der Waals surface area contributed by atoms with E-state index in [1.54, 1.807) is 13.3 Å². The van der Waals surface area contributed by atoms with E-state index in [0.717, 1.165) is 35.2 Å². The minimum absolute atomic E-state index is 0. The van der Waals surface area contributed by atoms with Gasteiger partial charge >= 0.3 is 0 Å². The number of pyridine rings is 1. The van der Waals surface area contributed by atoms with Crippen molar-refractivity contribution in [2.75, 3.05) is 25.5 Å². The Morgan fingerprint density at radius 1 is 1.25 bits per heavy atom. The lowest BCUT2D eigenvalue weighted by atomic mass is 9.91. The lowest BCUT2D eigenvalue weighted by Gasteiger charge is -2.34. The van der Waals surface area contributed by atoms with Crippen molar-refractivity contribution in [1.29, 1.82) is 0 Å². The molecule has 5 nitrogen and oxygen atoms in total. The number of ether oxygens (including phenoxy) is 1. The fourth-order valence-corrected chi connectivity index (χ4v) is 3.01. The number of anilines is 1. The first-order chi connectivity index (χ1) is 10.7. The summed E-state index contributed by atoms with van der Waals surface area (Å²) < 4.78 is 5.58. The molecule has 0 saturated carbocycles. The molecule has 0 aliphatic carbocycles. The van der Waals surface area contributed by atoms with Crippen LogP contribution >= 0.6 is 24.8 Å². The number of rotatable bonds is 3. The van der Waals surface area contributed by atoms with Gasteiger partial charge < -0.3 is 15.4 Å². The number of amides is 1. The Balaban J connectivity index is 0.00000144. The smallest absolute Gasteiger partial charge is 0.256 e. The topological polar surface area (TPSA) is 63.2 Å². The number of halogens is 2. The van der Waals surface area contributed by atoms with E-state index in [9.17, 15) is 4.79 Å². The highest BCUT2D eigenvalue weighted by atomic mass is 35.5. The first-order valence-corrected chi connectivity index (χ1v) is 7.58. The normalized spacial score (nSPS) is 15.9. The van der Waals surface area contributed by atoms with Crippen LogP contribution in [0.5, 0.6) is 0 Å². The summed E-state index contributed by atoms with van der Waals surface area (Å²) in [4.78, 5) is 17.2. The third-order valence-electron chi connectivity index (χ3n) is 4.44. The number of aromatic nitrogens is 1. The number of piperidine rings is 1. The first-order valence-electron chi connectivity index (χ1n) is 7.58. The van der Waals surface area contributed by atoms with Crippen LogP contribution in [0.4, 0.5) is 5.69 Å². The maximum absolute atomic E-state index is 12.8. The molecule has 24 heavy (non-hydrogen) atoms. The average molecular weight is 372 g/mol. The van der Waals surface area contributed by atoms with Gasteiger partial charge in [0.05, 0.1) is 11.2 Å². The van der Waals surface area contributed by atoms with Crippen LogP contribution in [0.1, 0.15) is 18.4 Å². The molecule has 1 aliphatic rings. The molecule has 1 saturated heterocycles. The van der Waals surface area contributed by atoms with Crippen LogP contribution in [0.2, 0.25) is 0 Å². The van der Waals surface area contributed by atoms with Gasteiger partial charge in [0.15, 0.2) is 0 Å². The van der Waals surface area contributed by atoms with Crippen molar-refractivity contribution in [2.45, 2.75) is 25.4 Å². The average Bonchev–Trinajstić information content (AvgIpc) is 2.58. The van der Waals surface area contributed by atoms with Gasteiger partial charge in [0.1, 0.15) is 5.60 Å². The number of nitrogens with one attached hydrogen (secondary N) is 2. The Hall–Kier alpha value is -1.40. The van der Waals surface area contributed by atoms with E-state index in [1.807, 2.05) is 31.2 Å². The molecule has 3 rings (SSSR count). The van der Waals surface area contributed by atoms with Crippen molar-refractivity contribution in [1.82, 2.24) is 10.3 Å². The number of aryl methyl sites for hydroxylation is 1. The molecule has 2 aromatic rings. The molecule has 1 aliphatic heterocycles. The van der Waals surface area contributed by atoms with Gasteiger partial charge in [-0.2, -0.15) is 0 Å². The summed E-state index contributed by atoms with van der Waals surface area (Å²) in [5.41, 5.74) is 2.05. The Morgan fingerprint density at radius 3 is 2.62 bits per heavy atom. The van der Waals surface area contributed by atoms with E-state index >= 15 is 0 Å². The molecule has 1 aromatic heterocycles. The van der Waals surface area contributed by atoms with Gasteiger partial charge in [-0.1, -0.05) is 6.07 Å². The molecule has 0 radical (unpaired) electrons. The van der Waals surface area contributed by atoms with E-state index in [4.69, 9.17) is 4.74 Å². The number of carbonyl (C=O) groups excluding carboxylic acids is 1. The van der Waals surface area contributed by atoms with E-state index in [0.29, 0.717) is 12.8 Å². The van der Waals surface area contributed by atoms with Gasteiger partial charge in [-0.25, -0.2) is 0 Å². The minimum Gasteiger partial charge on any atom is -0.368 e. The molecule has 1 aromatic carbocycles. The van der Waals surface area contributed by atoms with Crippen LogP contribution in [0.3, 0.4) is 0 Å². The number of carbonyl (C=O) groups is 1. The highest BCUT2D eigenvalue weighted by Crippen LogP contribution is 2.28. The van der Waals surface area contributed by atoms with Crippen molar-refractivity contribution in [2.24, 2.45) is 0 Å². The molecule has 0 spiro atoms.